The van der Waals surface area contributed by atoms with Gasteiger partial charge in [0.2, 0.25) is 0 Å². The van der Waals surface area contributed by atoms with Gasteiger partial charge in [-0.3, -0.25) is 19.8 Å². The van der Waals surface area contributed by atoms with E-state index >= 15 is 0 Å². The van der Waals surface area contributed by atoms with E-state index in [4.69, 9.17) is 16.3 Å². The zero-order chi connectivity index (χ0) is 23.2. The van der Waals surface area contributed by atoms with E-state index in [1.165, 1.54) is 11.6 Å². The molecule has 0 bridgehead atoms. The van der Waals surface area contributed by atoms with Crippen LogP contribution in [0.15, 0.2) is 83.8 Å². The lowest BCUT2D eigenvalue weighted by molar-refractivity contribution is -0.124. The second kappa shape index (κ2) is 10.4. The number of nitrogens with one attached hydrogen (secondary N) is 1. The van der Waals surface area contributed by atoms with Crippen molar-refractivity contribution in [3.63, 3.8) is 0 Å². The van der Waals surface area contributed by atoms with E-state index in [0.29, 0.717) is 22.9 Å². The number of thioether (sulfide) groups is 1. The number of imide groups is 1. The van der Waals surface area contributed by atoms with Crippen LogP contribution < -0.4 is 10.2 Å². The Bertz CT molecular complexity index is 1230. The first-order valence-corrected chi connectivity index (χ1v) is 11.3. The summed E-state index contributed by atoms with van der Waals surface area (Å²) in [7, 11) is 0. The van der Waals surface area contributed by atoms with Crippen LogP contribution in [0.5, 0.6) is 5.75 Å². The molecule has 4 rings (SSSR count). The van der Waals surface area contributed by atoms with Crippen molar-refractivity contribution in [3.8, 4) is 5.75 Å². The summed E-state index contributed by atoms with van der Waals surface area (Å²) in [6, 6.07) is 23.7. The molecule has 6 nitrogen and oxygen atoms in total. The molecular formula is C25H19ClN2O4S. The van der Waals surface area contributed by atoms with Gasteiger partial charge in [-0.25, -0.2) is 0 Å². The Labute approximate surface area is 200 Å². The van der Waals surface area contributed by atoms with Crippen molar-refractivity contribution in [2.24, 2.45) is 0 Å². The van der Waals surface area contributed by atoms with Crippen molar-refractivity contribution < 1.29 is 19.1 Å². The highest BCUT2D eigenvalue weighted by Crippen LogP contribution is 2.32. The summed E-state index contributed by atoms with van der Waals surface area (Å²) in [5.74, 6) is -0.593. The number of ether oxygens (including phenoxy) is 1. The van der Waals surface area contributed by atoms with Crippen molar-refractivity contribution >= 4 is 46.5 Å². The predicted molar refractivity (Wildman–Crippen MR) is 129 cm³/mol. The molecule has 1 aliphatic rings. The van der Waals surface area contributed by atoms with Gasteiger partial charge >= 0.3 is 5.24 Å². The van der Waals surface area contributed by atoms with Gasteiger partial charge in [0.25, 0.3) is 11.8 Å². The van der Waals surface area contributed by atoms with Crippen LogP contribution in [0.1, 0.15) is 21.5 Å². The van der Waals surface area contributed by atoms with Crippen molar-refractivity contribution in [2.75, 3.05) is 6.61 Å². The molecule has 0 saturated carbocycles. The molecule has 166 valence electrons. The number of carbonyl (C=O) groups excluding carboxylic acids is 3. The number of hydrogen-bond donors (Lipinski definition) is 1. The largest absolute Gasteiger partial charge is 0.493 e. The molecule has 0 aliphatic carbocycles. The third-order valence-corrected chi connectivity index (χ3v) is 5.98. The number of benzene rings is 3. The van der Waals surface area contributed by atoms with E-state index in [9.17, 15) is 14.4 Å². The van der Waals surface area contributed by atoms with Crippen molar-refractivity contribution in [1.29, 1.82) is 0 Å². The lowest BCUT2D eigenvalue weighted by Crippen LogP contribution is -2.45. The number of rotatable bonds is 7. The highest BCUT2D eigenvalue weighted by atomic mass is 35.5. The minimum atomic E-state index is -0.641. The van der Waals surface area contributed by atoms with Crippen LogP contribution in [0.3, 0.4) is 0 Å². The minimum Gasteiger partial charge on any atom is -0.493 e. The Kier molecular flexibility index (Phi) is 7.12. The number of hydrogen-bond acceptors (Lipinski definition) is 5. The summed E-state index contributed by atoms with van der Waals surface area (Å²) in [6.07, 6.45) is 2.37. The normalized spacial score (nSPS) is 14.6. The fourth-order valence-corrected chi connectivity index (χ4v) is 4.15. The summed E-state index contributed by atoms with van der Waals surface area (Å²) < 4.78 is 5.83. The van der Waals surface area contributed by atoms with Crippen molar-refractivity contribution in [3.05, 3.63) is 105 Å². The van der Waals surface area contributed by atoms with Crippen LogP contribution in [0, 0.1) is 0 Å². The molecule has 3 aromatic rings. The summed E-state index contributed by atoms with van der Waals surface area (Å²) in [6.45, 7) is 0.512. The van der Waals surface area contributed by atoms with Gasteiger partial charge in [-0.05, 0) is 53.2 Å². The molecule has 0 aromatic heterocycles. The highest BCUT2D eigenvalue weighted by molar-refractivity contribution is 8.18. The van der Waals surface area contributed by atoms with E-state index in [2.05, 4.69) is 5.43 Å². The van der Waals surface area contributed by atoms with Gasteiger partial charge < -0.3 is 4.74 Å². The lowest BCUT2D eigenvalue weighted by atomic mass is 10.1. The number of carbonyl (C=O) groups is 3. The number of amides is 3. The molecule has 1 N–H and O–H groups in total. The van der Waals surface area contributed by atoms with E-state index in [-0.39, 0.29) is 15.5 Å². The molecule has 8 heteroatoms. The molecule has 1 heterocycles. The quantitative estimate of drug-likeness (QED) is 0.464. The molecule has 1 saturated heterocycles. The smallest absolute Gasteiger partial charge is 0.312 e. The van der Waals surface area contributed by atoms with Gasteiger partial charge in [-0.1, -0.05) is 66.2 Å². The van der Waals surface area contributed by atoms with Gasteiger partial charge in [-0.2, -0.15) is 5.01 Å². The zero-order valence-electron chi connectivity index (χ0n) is 17.4. The molecule has 0 radical (unpaired) electrons. The Morgan fingerprint density at radius 3 is 2.55 bits per heavy atom. The monoisotopic (exact) mass is 478 g/mol. The van der Waals surface area contributed by atoms with Gasteiger partial charge in [0.1, 0.15) is 5.75 Å². The zero-order valence-corrected chi connectivity index (χ0v) is 18.9. The molecular weight excluding hydrogens is 460 g/mol. The van der Waals surface area contributed by atoms with E-state index in [1.54, 1.807) is 36.4 Å². The van der Waals surface area contributed by atoms with E-state index in [1.807, 2.05) is 42.5 Å². The third-order valence-electron chi connectivity index (χ3n) is 4.78. The predicted octanol–water partition coefficient (Wildman–Crippen LogP) is 5.34. The van der Waals surface area contributed by atoms with Crippen LogP contribution in [0.4, 0.5) is 4.79 Å². The van der Waals surface area contributed by atoms with Crippen LogP contribution in [-0.2, 0) is 11.2 Å². The van der Waals surface area contributed by atoms with Gasteiger partial charge in [-0.15, -0.1) is 0 Å². The maximum absolute atomic E-state index is 12.7. The van der Waals surface area contributed by atoms with Crippen molar-refractivity contribution in [2.45, 2.75) is 6.42 Å². The van der Waals surface area contributed by atoms with E-state index < -0.39 is 17.1 Å². The summed E-state index contributed by atoms with van der Waals surface area (Å²) in [5.41, 5.74) is 4.39. The molecule has 3 amide bonds. The summed E-state index contributed by atoms with van der Waals surface area (Å²) >= 11 is 6.77. The lowest BCUT2D eigenvalue weighted by Gasteiger charge is -2.14. The second-order valence-corrected chi connectivity index (χ2v) is 8.49. The number of hydrazine groups is 1. The molecule has 0 spiro atoms. The third kappa shape index (κ3) is 5.63. The Morgan fingerprint density at radius 1 is 1.00 bits per heavy atom. The molecule has 1 fully saturated rings. The Morgan fingerprint density at radius 2 is 1.76 bits per heavy atom. The van der Waals surface area contributed by atoms with Crippen LogP contribution in [0.25, 0.3) is 6.08 Å². The van der Waals surface area contributed by atoms with Crippen LogP contribution in [-0.4, -0.2) is 28.7 Å². The molecule has 3 aromatic carbocycles. The van der Waals surface area contributed by atoms with Crippen LogP contribution in [0.2, 0.25) is 5.02 Å². The molecule has 0 atom stereocenters. The van der Waals surface area contributed by atoms with Crippen LogP contribution >= 0.6 is 23.4 Å². The first-order valence-electron chi connectivity index (χ1n) is 10.1. The number of nitrogens with zero attached hydrogens (tertiary/aromatic N) is 1. The fourth-order valence-electron chi connectivity index (χ4n) is 3.15. The number of halogens is 1. The van der Waals surface area contributed by atoms with E-state index in [0.717, 1.165) is 18.2 Å². The average Bonchev–Trinajstić information content (AvgIpc) is 3.07. The standard InChI is InChI=1S/C25H19ClN2O4S/c26-21-12-5-4-11-20(21)23(29)27-28-24(30)22(33-25(28)31)16-18-9-6-10-19(15-18)32-14-13-17-7-2-1-3-8-17/h1-12,15-16H,13-14H2,(H,27,29)/b22-16-. The SMILES string of the molecule is O=C(NN1C(=O)S/C(=C\c2cccc(OCCc3ccccc3)c2)C1=O)c1ccccc1Cl. The molecule has 0 unspecified atom stereocenters. The highest BCUT2D eigenvalue weighted by Gasteiger charge is 2.37. The average molecular weight is 479 g/mol. The first kappa shape index (κ1) is 22.6. The van der Waals surface area contributed by atoms with Gasteiger partial charge in [0, 0.05) is 6.42 Å². The Balaban J connectivity index is 1.41. The van der Waals surface area contributed by atoms with Crippen molar-refractivity contribution in [1.82, 2.24) is 10.4 Å². The minimum absolute atomic E-state index is 0.169. The first-order chi connectivity index (χ1) is 16.0. The van der Waals surface area contributed by atoms with Gasteiger partial charge in [0.05, 0.1) is 22.1 Å². The maximum Gasteiger partial charge on any atom is 0.312 e. The summed E-state index contributed by atoms with van der Waals surface area (Å²) in [5, 5.41) is 0.325. The van der Waals surface area contributed by atoms with Gasteiger partial charge in [0.15, 0.2) is 0 Å². The molecule has 33 heavy (non-hydrogen) atoms. The molecule has 1 aliphatic heterocycles. The topological polar surface area (TPSA) is 75.7 Å². The maximum atomic E-state index is 12.7. The summed E-state index contributed by atoms with van der Waals surface area (Å²) in [4.78, 5) is 37.7. The Hall–Kier alpha value is -3.55. The fraction of sp³-hybridized carbons (Fsp3) is 0.0800. The second-order valence-electron chi connectivity index (χ2n) is 7.09.